The number of amides is 3. The van der Waals surface area contributed by atoms with Crippen LogP contribution in [-0.4, -0.2) is 50.9 Å². The van der Waals surface area contributed by atoms with Gasteiger partial charge in [0.25, 0.3) is 0 Å². The van der Waals surface area contributed by atoms with E-state index in [2.05, 4.69) is 25.8 Å². The van der Waals surface area contributed by atoms with Gasteiger partial charge in [-0.1, -0.05) is 0 Å². The molecule has 0 aliphatic heterocycles. The van der Waals surface area contributed by atoms with Gasteiger partial charge in [-0.2, -0.15) is 9.90 Å². The molecule has 0 bridgehead atoms. The summed E-state index contributed by atoms with van der Waals surface area (Å²) in [6.45, 7) is -0.0526. The molecule has 9 nitrogen and oxygen atoms in total. The number of fused-ring (bicyclic) bond motifs is 1. The first-order valence-electron chi connectivity index (χ1n) is 7.27. The van der Waals surface area contributed by atoms with E-state index in [1.807, 2.05) is 30.5 Å². The van der Waals surface area contributed by atoms with Crippen molar-refractivity contribution in [3.8, 4) is 0 Å². The number of nitrogens with one attached hydrogen (secondary N) is 3. The lowest BCUT2D eigenvalue weighted by molar-refractivity contribution is -0.117. The van der Waals surface area contributed by atoms with Crippen LogP contribution in [0.2, 0.25) is 0 Å². The molecule has 1 aromatic carbocycles. The molecule has 0 saturated carbocycles. The van der Waals surface area contributed by atoms with Crippen molar-refractivity contribution in [3.05, 3.63) is 36.7 Å². The number of rotatable bonds is 4. The van der Waals surface area contributed by atoms with Crippen LogP contribution < -0.4 is 10.6 Å². The van der Waals surface area contributed by atoms with Crippen molar-refractivity contribution in [2.75, 3.05) is 24.7 Å². The minimum absolute atomic E-state index is 0.0526. The van der Waals surface area contributed by atoms with Crippen LogP contribution >= 0.6 is 0 Å². The zero-order valence-corrected chi connectivity index (χ0v) is 13.3. The highest BCUT2D eigenvalue weighted by atomic mass is 16.2. The summed E-state index contributed by atoms with van der Waals surface area (Å²) in [5.74, 6) is 0.0289. The molecule has 0 saturated heterocycles. The smallest absolute Gasteiger partial charge is 0.322 e. The van der Waals surface area contributed by atoms with Gasteiger partial charge in [0.2, 0.25) is 5.91 Å². The van der Waals surface area contributed by atoms with E-state index in [0.29, 0.717) is 5.69 Å². The zero-order valence-electron chi connectivity index (χ0n) is 13.3. The lowest BCUT2D eigenvalue weighted by Gasteiger charge is -2.09. The predicted octanol–water partition coefficient (Wildman–Crippen LogP) is 1.49. The lowest BCUT2D eigenvalue weighted by atomic mass is 10.2. The van der Waals surface area contributed by atoms with Crippen LogP contribution in [0.1, 0.15) is 0 Å². The number of hydrogen-bond acceptors (Lipinski definition) is 4. The number of urea groups is 1. The number of anilines is 2. The number of aromatic nitrogens is 4. The van der Waals surface area contributed by atoms with Crippen molar-refractivity contribution in [2.45, 2.75) is 6.54 Å². The van der Waals surface area contributed by atoms with Crippen molar-refractivity contribution >= 4 is 34.3 Å². The molecule has 9 heteroatoms. The van der Waals surface area contributed by atoms with Crippen molar-refractivity contribution in [1.29, 1.82) is 0 Å². The molecular formula is C15H17N7O2. The Kier molecular flexibility index (Phi) is 4.15. The van der Waals surface area contributed by atoms with Crippen molar-refractivity contribution < 1.29 is 9.59 Å². The Morgan fingerprint density at radius 2 is 2.08 bits per heavy atom. The monoisotopic (exact) mass is 327 g/mol. The van der Waals surface area contributed by atoms with Gasteiger partial charge in [0.15, 0.2) is 5.82 Å². The Morgan fingerprint density at radius 1 is 1.25 bits per heavy atom. The third-order valence-corrected chi connectivity index (χ3v) is 3.30. The second kappa shape index (κ2) is 6.41. The van der Waals surface area contributed by atoms with Crippen LogP contribution in [0.5, 0.6) is 0 Å². The Labute approximate surface area is 137 Å². The molecule has 3 amide bonds. The highest BCUT2D eigenvalue weighted by molar-refractivity contribution is 5.93. The van der Waals surface area contributed by atoms with E-state index in [4.69, 9.17) is 0 Å². The SMILES string of the molecule is CN(C)C(=O)Nc1cnn(CC(=O)Nc2ccc3[nH]ccc3c2)n1. The second-order valence-corrected chi connectivity index (χ2v) is 5.41. The molecular weight excluding hydrogens is 310 g/mol. The maximum atomic E-state index is 12.1. The van der Waals surface area contributed by atoms with E-state index >= 15 is 0 Å². The van der Waals surface area contributed by atoms with E-state index < -0.39 is 0 Å². The maximum Gasteiger partial charge on any atom is 0.322 e. The van der Waals surface area contributed by atoms with Gasteiger partial charge in [0.1, 0.15) is 6.54 Å². The molecule has 0 aliphatic rings. The van der Waals surface area contributed by atoms with Gasteiger partial charge in [-0.05, 0) is 24.3 Å². The lowest BCUT2D eigenvalue weighted by Crippen LogP contribution is -2.27. The average molecular weight is 327 g/mol. The number of nitrogens with zero attached hydrogens (tertiary/aromatic N) is 4. The van der Waals surface area contributed by atoms with Gasteiger partial charge in [-0.3, -0.25) is 10.1 Å². The number of hydrogen-bond donors (Lipinski definition) is 3. The minimum atomic E-state index is -0.314. The summed E-state index contributed by atoms with van der Waals surface area (Å²) in [4.78, 5) is 29.3. The zero-order chi connectivity index (χ0) is 17.1. The summed E-state index contributed by atoms with van der Waals surface area (Å²) >= 11 is 0. The highest BCUT2D eigenvalue weighted by Crippen LogP contribution is 2.17. The minimum Gasteiger partial charge on any atom is -0.361 e. The fraction of sp³-hybridized carbons (Fsp3) is 0.200. The normalized spacial score (nSPS) is 10.6. The number of carbonyl (C=O) groups is 2. The van der Waals surface area contributed by atoms with E-state index in [-0.39, 0.29) is 24.3 Å². The van der Waals surface area contributed by atoms with Crippen LogP contribution in [0.3, 0.4) is 0 Å². The second-order valence-electron chi connectivity index (χ2n) is 5.41. The summed E-state index contributed by atoms with van der Waals surface area (Å²) in [7, 11) is 3.24. The average Bonchev–Trinajstić information content (AvgIpc) is 3.15. The summed E-state index contributed by atoms with van der Waals surface area (Å²) in [5, 5.41) is 14.4. The third-order valence-electron chi connectivity index (χ3n) is 3.30. The Hall–Kier alpha value is -3.36. The predicted molar refractivity (Wildman–Crippen MR) is 89.7 cm³/mol. The van der Waals surface area contributed by atoms with Crippen LogP contribution in [0.4, 0.5) is 16.3 Å². The Balaban J connectivity index is 1.60. The highest BCUT2D eigenvalue weighted by Gasteiger charge is 2.10. The molecule has 0 aliphatic carbocycles. The molecule has 0 unspecified atom stereocenters. The van der Waals surface area contributed by atoms with Crippen LogP contribution in [0, 0.1) is 0 Å². The van der Waals surface area contributed by atoms with Gasteiger partial charge in [-0.25, -0.2) is 4.79 Å². The van der Waals surface area contributed by atoms with Crippen LogP contribution in [-0.2, 0) is 11.3 Å². The molecule has 3 rings (SSSR count). The van der Waals surface area contributed by atoms with Gasteiger partial charge >= 0.3 is 6.03 Å². The number of benzene rings is 1. The number of carbonyl (C=O) groups excluding carboxylic acids is 2. The quantitative estimate of drug-likeness (QED) is 0.674. The van der Waals surface area contributed by atoms with E-state index in [1.165, 1.54) is 15.9 Å². The van der Waals surface area contributed by atoms with Crippen molar-refractivity contribution in [2.24, 2.45) is 0 Å². The molecule has 3 N–H and O–H groups in total. The van der Waals surface area contributed by atoms with Crippen LogP contribution in [0.15, 0.2) is 36.7 Å². The van der Waals surface area contributed by atoms with Gasteiger partial charge < -0.3 is 15.2 Å². The first-order valence-corrected chi connectivity index (χ1v) is 7.27. The largest absolute Gasteiger partial charge is 0.361 e. The third kappa shape index (κ3) is 3.51. The molecule has 0 spiro atoms. The Morgan fingerprint density at radius 3 is 2.88 bits per heavy atom. The molecule has 0 fully saturated rings. The summed E-state index contributed by atoms with van der Waals surface area (Å²) < 4.78 is 0. The maximum absolute atomic E-state index is 12.1. The van der Waals surface area contributed by atoms with Crippen molar-refractivity contribution in [1.82, 2.24) is 24.9 Å². The van der Waals surface area contributed by atoms with Gasteiger partial charge in [-0.15, -0.1) is 5.10 Å². The molecule has 2 heterocycles. The fourth-order valence-corrected chi connectivity index (χ4v) is 2.11. The van der Waals surface area contributed by atoms with Gasteiger partial charge in [0.05, 0.1) is 6.20 Å². The van der Waals surface area contributed by atoms with E-state index in [1.54, 1.807) is 14.1 Å². The van der Waals surface area contributed by atoms with Crippen molar-refractivity contribution in [3.63, 3.8) is 0 Å². The first kappa shape index (κ1) is 15.5. The molecule has 3 aromatic rings. The number of H-pyrrole nitrogens is 1. The molecule has 0 atom stereocenters. The summed E-state index contributed by atoms with van der Waals surface area (Å²) in [6, 6.07) is 7.20. The number of aromatic amines is 1. The topological polar surface area (TPSA) is 108 Å². The molecule has 124 valence electrons. The standard InChI is InChI=1S/C15H17N7O2/c1-21(2)15(24)19-13-8-17-22(20-13)9-14(23)18-11-3-4-12-10(7-11)5-6-16-12/h3-8,16H,9H2,1-2H3,(H,18,23)(H,19,20,24). The molecule has 2 aromatic heterocycles. The van der Waals surface area contributed by atoms with E-state index in [0.717, 1.165) is 10.9 Å². The summed E-state index contributed by atoms with van der Waals surface area (Å²) in [5.41, 5.74) is 1.70. The molecule has 0 radical (unpaired) electrons. The molecule has 24 heavy (non-hydrogen) atoms. The van der Waals surface area contributed by atoms with Gasteiger partial charge in [0, 0.05) is 36.9 Å². The fourth-order valence-electron chi connectivity index (χ4n) is 2.11. The van der Waals surface area contributed by atoms with E-state index in [9.17, 15) is 9.59 Å². The van der Waals surface area contributed by atoms with Crippen LogP contribution in [0.25, 0.3) is 10.9 Å². The Bertz CT molecular complexity index is 881. The first-order chi connectivity index (χ1) is 11.5. The summed E-state index contributed by atoms with van der Waals surface area (Å²) in [6.07, 6.45) is 3.23.